The number of nitrogens with zero attached hydrogens (tertiary/aromatic N) is 3. The first-order chi connectivity index (χ1) is 13.3. The zero-order valence-corrected chi connectivity index (χ0v) is 17.6. The average molecular weight is 380 g/mol. The van der Waals surface area contributed by atoms with E-state index in [4.69, 9.17) is 4.74 Å². The molecular formula is C21H41N5O. The van der Waals surface area contributed by atoms with Crippen LogP contribution in [0.2, 0.25) is 0 Å². The normalized spacial score (nSPS) is 26.7. The molecule has 2 N–H and O–H groups in total. The monoisotopic (exact) mass is 379 g/mol. The lowest BCUT2D eigenvalue weighted by atomic mass is 9.97. The second-order valence-electron chi connectivity index (χ2n) is 8.77. The van der Waals surface area contributed by atoms with Crippen LogP contribution in [0.3, 0.4) is 0 Å². The average Bonchev–Trinajstić information content (AvgIpc) is 3.36. The Morgan fingerprint density at radius 2 is 1.74 bits per heavy atom. The van der Waals surface area contributed by atoms with Gasteiger partial charge in [-0.3, -0.25) is 4.99 Å². The molecule has 0 spiro atoms. The van der Waals surface area contributed by atoms with Gasteiger partial charge in [0.25, 0.3) is 0 Å². The van der Waals surface area contributed by atoms with Crippen LogP contribution in [-0.2, 0) is 4.74 Å². The summed E-state index contributed by atoms with van der Waals surface area (Å²) in [5.41, 5.74) is 0. The Bertz CT molecular complexity index is 444. The highest BCUT2D eigenvalue weighted by molar-refractivity contribution is 5.80. The van der Waals surface area contributed by atoms with Gasteiger partial charge in [0, 0.05) is 52.9 Å². The number of guanidine groups is 1. The SMILES string of the molecule is CN=C(NCC1CCN(CCOC)CC1)NC1CCN(CC2CCCC2)C1. The largest absolute Gasteiger partial charge is 0.383 e. The zero-order chi connectivity index (χ0) is 18.9. The summed E-state index contributed by atoms with van der Waals surface area (Å²) in [6.45, 7) is 9.07. The minimum atomic E-state index is 0.550. The molecule has 1 unspecified atom stereocenters. The third-order valence-corrected chi connectivity index (χ3v) is 6.70. The molecule has 0 radical (unpaired) electrons. The molecule has 2 saturated heterocycles. The predicted molar refractivity (Wildman–Crippen MR) is 112 cm³/mol. The Morgan fingerprint density at radius 3 is 2.44 bits per heavy atom. The number of hydrogen-bond acceptors (Lipinski definition) is 4. The number of likely N-dealkylation sites (tertiary alicyclic amines) is 2. The number of rotatable bonds is 8. The van der Waals surface area contributed by atoms with Crippen LogP contribution in [0.25, 0.3) is 0 Å². The molecule has 27 heavy (non-hydrogen) atoms. The van der Waals surface area contributed by atoms with Gasteiger partial charge in [-0.1, -0.05) is 12.8 Å². The quantitative estimate of drug-likeness (QED) is 0.497. The van der Waals surface area contributed by atoms with Crippen LogP contribution in [0, 0.1) is 11.8 Å². The first kappa shape index (κ1) is 20.9. The summed E-state index contributed by atoms with van der Waals surface area (Å²) in [6, 6.07) is 0.550. The Kier molecular flexibility index (Phi) is 8.68. The molecule has 6 heteroatoms. The highest BCUT2D eigenvalue weighted by Gasteiger charge is 2.26. The highest BCUT2D eigenvalue weighted by atomic mass is 16.5. The van der Waals surface area contributed by atoms with Gasteiger partial charge in [-0.15, -0.1) is 0 Å². The fraction of sp³-hybridized carbons (Fsp3) is 0.952. The number of aliphatic imine (C=N–C) groups is 1. The van der Waals surface area contributed by atoms with Gasteiger partial charge in [-0.2, -0.15) is 0 Å². The number of piperidine rings is 1. The molecule has 0 amide bonds. The molecular weight excluding hydrogens is 338 g/mol. The maximum absolute atomic E-state index is 5.19. The van der Waals surface area contributed by atoms with Gasteiger partial charge >= 0.3 is 0 Å². The molecule has 3 aliphatic rings. The molecule has 0 aromatic heterocycles. The van der Waals surface area contributed by atoms with Crippen molar-refractivity contribution >= 4 is 5.96 Å². The Hall–Kier alpha value is -0.850. The van der Waals surface area contributed by atoms with Crippen molar-refractivity contribution in [2.45, 2.75) is 51.0 Å². The summed E-state index contributed by atoms with van der Waals surface area (Å²) in [7, 11) is 3.68. The lowest BCUT2D eigenvalue weighted by Crippen LogP contribution is -2.47. The van der Waals surface area contributed by atoms with Crippen LogP contribution in [0.5, 0.6) is 0 Å². The second-order valence-corrected chi connectivity index (χ2v) is 8.77. The fourth-order valence-corrected chi connectivity index (χ4v) is 4.94. The van der Waals surface area contributed by atoms with Crippen molar-refractivity contribution in [3.63, 3.8) is 0 Å². The van der Waals surface area contributed by atoms with Crippen LogP contribution in [0.1, 0.15) is 44.9 Å². The Labute approximate surface area is 166 Å². The van der Waals surface area contributed by atoms with Crippen LogP contribution in [0.4, 0.5) is 0 Å². The topological polar surface area (TPSA) is 52.1 Å². The molecule has 1 aliphatic carbocycles. The van der Waals surface area contributed by atoms with E-state index in [9.17, 15) is 0 Å². The lowest BCUT2D eigenvalue weighted by molar-refractivity contribution is 0.121. The fourth-order valence-electron chi connectivity index (χ4n) is 4.94. The standard InChI is InChI=1S/C21H41N5O/c1-22-21(23-15-18-7-10-25(11-8-18)13-14-27-2)24-20-9-12-26(17-20)16-19-5-3-4-6-19/h18-20H,3-17H2,1-2H3,(H2,22,23,24). The molecule has 0 bridgehead atoms. The van der Waals surface area contributed by atoms with Gasteiger partial charge in [0.1, 0.15) is 0 Å². The molecule has 1 saturated carbocycles. The van der Waals surface area contributed by atoms with E-state index in [1.54, 1.807) is 7.11 Å². The van der Waals surface area contributed by atoms with Crippen LogP contribution in [0.15, 0.2) is 4.99 Å². The van der Waals surface area contributed by atoms with E-state index in [1.165, 1.54) is 77.7 Å². The van der Waals surface area contributed by atoms with Gasteiger partial charge in [-0.25, -0.2) is 0 Å². The van der Waals surface area contributed by atoms with Gasteiger partial charge in [0.05, 0.1) is 6.61 Å². The number of nitrogens with one attached hydrogen (secondary N) is 2. The summed E-state index contributed by atoms with van der Waals surface area (Å²) < 4.78 is 5.19. The van der Waals surface area contributed by atoms with Crippen molar-refractivity contribution in [2.24, 2.45) is 16.8 Å². The summed E-state index contributed by atoms with van der Waals surface area (Å²) in [6.07, 6.45) is 9.57. The van der Waals surface area contributed by atoms with Crippen molar-refractivity contribution in [3.8, 4) is 0 Å². The van der Waals surface area contributed by atoms with Gasteiger partial charge in [-0.05, 0) is 57.0 Å². The minimum Gasteiger partial charge on any atom is -0.383 e. The molecule has 2 heterocycles. The Morgan fingerprint density at radius 1 is 1.00 bits per heavy atom. The van der Waals surface area contributed by atoms with E-state index in [0.29, 0.717) is 6.04 Å². The molecule has 3 fully saturated rings. The van der Waals surface area contributed by atoms with Crippen LogP contribution in [-0.4, -0.2) is 88.4 Å². The van der Waals surface area contributed by atoms with E-state index in [2.05, 4.69) is 25.4 Å². The van der Waals surface area contributed by atoms with Crippen LogP contribution < -0.4 is 10.6 Å². The molecule has 6 nitrogen and oxygen atoms in total. The summed E-state index contributed by atoms with van der Waals surface area (Å²) in [5.74, 6) is 2.70. The third kappa shape index (κ3) is 6.91. The second kappa shape index (κ2) is 11.2. The van der Waals surface area contributed by atoms with Crippen molar-refractivity contribution < 1.29 is 4.74 Å². The summed E-state index contributed by atoms with van der Waals surface area (Å²) in [4.78, 5) is 9.65. The van der Waals surface area contributed by atoms with E-state index < -0.39 is 0 Å². The lowest BCUT2D eigenvalue weighted by Gasteiger charge is -2.32. The first-order valence-electron chi connectivity index (χ1n) is 11.2. The minimum absolute atomic E-state index is 0.550. The van der Waals surface area contributed by atoms with Crippen molar-refractivity contribution in [1.29, 1.82) is 0 Å². The smallest absolute Gasteiger partial charge is 0.191 e. The molecule has 2 aliphatic heterocycles. The maximum atomic E-state index is 5.19. The van der Waals surface area contributed by atoms with Gasteiger partial charge in [0.15, 0.2) is 5.96 Å². The molecule has 0 aromatic carbocycles. The van der Waals surface area contributed by atoms with E-state index in [1.807, 2.05) is 7.05 Å². The van der Waals surface area contributed by atoms with Crippen LogP contribution >= 0.6 is 0 Å². The highest BCUT2D eigenvalue weighted by Crippen LogP contribution is 2.26. The number of hydrogen-bond donors (Lipinski definition) is 2. The summed E-state index contributed by atoms with van der Waals surface area (Å²) >= 11 is 0. The molecule has 3 rings (SSSR count). The molecule has 1 atom stereocenters. The van der Waals surface area contributed by atoms with Crippen molar-refractivity contribution in [1.82, 2.24) is 20.4 Å². The van der Waals surface area contributed by atoms with Gasteiger partial charge < -0.3 is 25.2 Å². The first-order valence-corrected chi connectivity index (χ1v) is 11.2. The molecule has 0 aromatic rings. The molecule has 156 valence electrons. The zero-order valence-electron chi connectivity index (χ0n) is 17.6. The maximum Gasteiger partial charge on any atom is 0.191 e. The van der Waals surface area contributed by atoms with Gasteiger partial charge in [0.2, 0.25) is 0 Å². The Balaban J connectivity index is 1.30. The van der Waals surface area contributed by atoms with E-state index in [0.717, 1.165) is 37.5 Å². The van der Waals surface area contributed by atoms with Crippen molar-refractivity contribution in [3.05, 3.63) is 0 Å². The summed E-state index contributed by atoms with van der Waals surface area (Å²) in [5, 5.41) is 7.26. The van der Waals surface area contributed by atoms with E-state index >= 15 is 0 Å². The third-order valence-electron chi connectivity index (χ3n) is 6.70. The number of methoxy groups -OCH3 is 1. The number of ether oxygens (including phenoxy) is 1. The van der Waals surface area contributed by atoms with Crippen molar-refractivity contribution in [2.75, 3.05) is 66.6 Å². The predicted octanol–water partition coefficient (Wildman–Crippen LogP) is 1.77. The van der Waals surface area contributed by atoms with E-state index in [-0.39, 0.29) is 0 Å².